The minimum atomic E-state index is -0.494. The molecule has 0 saturated heterocycles. The zero-order chi connectivity index (χ0) is 12.1. The summed E-state index contributed by atoms with van der Waals surface area (Å²) in [5.74, 6) is -0.494. The predicted molar refractivity (Wildman–Crippen MR) is 61.5 cm³/mol. The third kappa shape index (κ3) is 2.53. The van der Waals surface area contributed by atoms with Gasteiger partial charge in [-0.2, -0.15) is 5.26 Å². The van der Waals surface area contributed by atoms with Crippen molar-refractivity contribution >= 4 is 17.6 Å². The zero-order valence-electron chi connectivity index (χ0n) is 9.21. The number of hydrogen-bond acceptors (Lipinski definition) is 3. The second-order valence-electron chi connectivity index (χ2n) is 3.18. The predicted octanol–water partition coefficient (Wildman–Crippen LogP) is 2.95. The number of carbonyl (C=O) groups excluding carboxylic acids is 1. The molecule has 0 aliphatic carbocycles. The topological polar surface area (TPSA) is 50.1 Å². The molecule has 0 heterocycles. The maximum absolute atomic E-state index is 11.5. The SMILES string of the molecule is CCOC(=O)c1cc(C#N)c(CC)cc1Cl. The number of carbonyl (C=O) groups is 1. The molecule has 1 aromatic carbocycles. The summed E-state index contributed by atoms with van der Waals surface area (Å²) in [5, 5.41) is 9.26. The lowest BCUT2D eigenvalue weighted by atomic mass is 10.0. The van der Waals surface area contributed by atoms with Crippen LogP contribution in [-0.2, 0) is 11.2 Å². The van der Waals surface area contributed by atoms with Crippen LogP contribution in [0.1, 0.15) is 35.3 Å². The first-order valence-electron chi connectivity index (χ1n) is 5.03. The largest absolute Gasteiger partial charge is 0.462 e. The molecule has 0 radical (unpaired) electrons. The van der Waals surface area contributed by atoms with Crippen LogP contribution < -0.4 is 0 Å². The van der Waals surface area contributed by atoms with Crippen molar-refractivity contribution < 1.29 is 9.53 Å². The monoisotopic (exact) mass is 237 g/mol. The van der Waals surface area contributed by atoms with E-state index in [0.29, 0.717) is 17.0 Å². The van der Waals surface area contributed by atoms with Crippen LogP contribution in [0, 0.1) is 11.3 Å². The van der Waals surface area contributed by atoms with Crippen LogP contribution in [0.4, 0.5) is 0 Å². The maximum Gasteiger partial charge on any atom is 0.339 e. The number of esters is 1. The van der Waals surface area contributed by atoms with Crippen molar-refractivity contribution in [3.8, 4) is 6.07 Å². The second kappa shape index (κ2) is 5.53. The van der Waals surface area contributed by atoms with E-state index >= 15 is 0 Å². The van der Waals surface area contributed by atoms with Crippen molar-refractivity contribution in [3.63, 3.8) is 0 Å². The molecule has 0 fully saturated rings. The number of ether oxygens (including phenoxy) is 1. The fourth-order valence-corrected chi connectivity index (χ4v) is 1.64. The highest BCUT2D eigenvalue weighted by atomic mass is 35.5. The average molecular weight is 238 g/mol. The maximum atomic E-state index is 11.5. The van der Waals surface area contributed by atoms with Gasteiger partial charge in [-0.1, -0.05) is 18.5 Å². The van der Waals surface area contributed by atoms with Crippen LogP contribution in [-0.4, -0.2) is 12.6 Å². The molecule has 0 aromatic heterocycles. The molecule has 0 aliphatic heterocycles. The Hall–Kier alpha value is -1.53. The molecule has 84 valence electrons. The lowest BCUT2D eigenvalue weighted by Gasteiger charge is -2.07. The fourth-order valence-electron chi connectivity index (χ4n) is 1.38. The summed E-state index contributed by atoms with van der Waals surface area (Å²) >= 11 is 5.96. The summed E-state index contributed by atoms with van der Waals surface area (Å²) in [4.78, 5) is 11.5. The zero-order valence-corrected chi connectivity index (χ0v) is 9.97. The Balaban J connectivity index is 3.22. The van der Waals surface area contributed by atoms with Crippen molar-refractivity contribution in [1.29, 1.82) is 5.26 Å². The Labute approximate surface area is 99.6 Å². The van der Waals surface area contributed by atoms with E-state index in [-0.39, 0.29) is 12.2 Å². The quantitative estimate of drug-likeness (QED) is 0.760. The van der Waals surface area contributed by atoms with Gasteiger partial charge in [0, 0.05) is 0 Å². The lowest BCUT2D eigenvalue weighted by molar-refractivity contribution is 0.0526. The van der Waals surface area contributed by atoms with Gasteiger partial charge in [0.2, 0.25) is 0 Å². The Bertz CT molecular complexity index is 449. The van der Waals surface area contributed by atoms with Crippen LogP contribution in [0.3, 0.4) is 0 Å². The number of aryl methyl sites for hydroxylation is 1. The van der Waals surface area contributed by atoms with Crippen LogP contribution in [0.5, 0.6) is 0 Å². The van der Waals surface area contributed by atoms with E-state index in [1.165, 1.54) is 6.07 Å². The van der Waals surface area contributed by atoms with Crippen molar-refractivity contribution in [2.24, 2.45) is 0 Å². The van der Waals surface area contributed by atoms with Gasteiger partial charge < -0.3 is 4.74 Å². The molecular formula is C12H12ClNO2. The van der Waals surface area contributed by atoms with Crippen LogP contribution >= 0.6 is 11.6 Å². The van der Waals surface area contributed by atoms with Crippen molar-refractivity contribution in [2.75, 3.05) is 6.61 Å². The Morgan fingerprint density at radius 1 is 1.50 bits per heavy atom. The van der Waals surface area contributed by atoms with E-state index in [9.17, 15) is 4.79 Å². The third-order valence-electron chi connectivity index (χ3n) is 2.19. The van der Waals surface area contributed by atoms with Gasteiger partial charge in [0.1, 0.15) is 0 Å². The molecule has 1 aromatic rings. The third-order valence-corrected chi connectivity index (χ3v) is 2.50. The Kier molecular flexibility index (Phi) is 4.33. The van der Waals surface area contributed by atoms with E-state index in [1.807, 2.05) is 13.0 Å². The first-order valence-corrected chi connectivity index (χ1v) is 5.41. The van der Waals surface area contributed by atoms with Gasteiger partial charge in [-0.15, -0.1) is 0 Å². The van der Waals surface area contributed by atoms with E-state index in [0.717, 1.165) is 5.56 Å². The fraction of sp³-hybridized carbons (Fsp3) is 0.333. The van der Waals surface area contributed by atoms with Gasteiger partial charge >= 0.3 is 5.97 Å². The highest BCUT2D eigenvalue weighted by Gasteiger charge is 2.14. The molecule has 16 heavy (non-hydrogen) atoms. The lowest BCUT2D eigenvalue weighted by Crippen LogP contribution is -2.06. The van der Waals surface area contributed by atoms with Gasteiger partial charge in [-0.05, 0) is 31.0 Å². The summed E-state index contributed by atoms with van der Waals surface area (Å²) in [6.45, 7) is 3.93. The molecule has 0 atom stereocenters. The van der Waals surface area contributed by atoms with Crippen LogP contribution in [0.15, 0.2) is 12.1 Å². The minimum absolute atomic E-state index is 0.247. The summed E-state index contributed by atoms with van der Waals surface area (Å²) in [6.07, 6.45) is 0.700. The average Bonchev–Trinajstić information content (AvgIpc) is 2.28. The van der Waals surface area contributed by atoms with E-state index < -0.39 is 5.97 Å². The highest BCUT2D eigenvalue weighted by Crippen LogP contribution is 2.22. The van der Waals surface area contributed by atoms with Crippen molar-refractivity contribution in [2.45, 2.75) is 20.3 Å². The van der Waals surface area contributed by atoms with E-state index in [2.05, 4.69) is 0 Å². The molecular weight excluding hydrogens is 226 g/mol. The van der Waals surface area contributed by atoms with Gasteiger partial charge in [-0.25, -0.2) is 4.79 Å². The normalized spacial score (nSPS) is 9.62. The van der Waals surface area contributed by atoms with Crippen LogP contribution in [0.25, 0.3) is 0 Å². The van der Waals surface area contributed by atoms with Gasteiger partial charge in [0.05, 0.1) is 28.8 Å². The molecule has 1 rings (SSSR count). The number of rotatable bonds is 3. The Morgan fingerprint density at radius 2 is 2.19 bits per heavy atom. The number of halogens is 1. The number of benzene rings is 1. The van der Waals surface area contributed by atoms with Gasteiger partial charge in [-0.3, -0.25) is 0 Å². The highest BCUT2D eigenvalue weighted by molar-refractivity contribution is 6.33. The molecule has 3 nitrogen and oxygen atoms in total. The first kappa shape index (κ1) is 12.5. The molecule has 0 N–H and O–H groups in total. The Morgan fingerprint density at radius 3 is 2.69 bits per heavy atom. The summed E-state index contributed by atoms with van der Waals surface area (Å²) in [7, 11) is 0. The van der Waals surface area contributed by atoms with Gasteiger partial charge in [0.15, 0.2) is 0 Å². The second-order valence-corrected chi connectivity index (χ2v) is 3.58. The van der Waals surface area contributed by atoms with Crippen LogP contribution in [0.2, 0.25) is 5.02 Å². The van der Waals surface area contributed by atoms with Gasteiger partial charge in [0.25, 0.3) is 0 Å². The van der Waals surface area contributed by atoms with E-state index in [4.69, 9.17) is 21.6 Å². The van der Waals surface area contributed by atoms with Crippen molar-refractivity contribution in [3.05, 3.63) is 33.8 Å². The molecule has 0 saturated carbocycles. The number of hydrogen-bond donors (Lipinski definition) is 0. The minimum Gasteiger partial charge on any atom is -0.462 e. The summed E-state index contributed by atoms with van der Waals surface area (Å²) in [6, 6.07) is 5.18. The standard InChI is InChI=1S/C12H12ClNO2/c1-3-8-6-11(13)10(5-9(8)7-14)12(15)16-4-2/h5-6H,3-4H2,1-2H3. The smallest absolute Gasteiger partial charge is 0.339 e. The number of nitriles is 1. The first-order chi connectivity index (χ1) is 7.63. The van der Waals surface area contributed by atoms with Crippen molar-refractivity contribution in [1.82, 2.24) is 0 Å². The molecule has 0 spiro atoms. The molecule has 4 heteroatoms. The summed E-state index contributed by atoms with van der Waals surface area (Å²) < 4.78 is 4.85. The molecule has 0 unspecified atom stereocenters. The molecule has 0 aliphatic rings. The summed E-state index contributed by atoms with van der Waals surface area (Å²) in [5.41, 5.74) is 1.55. The van der Waals surface area contributed by atoms with E-state index in [1.54, 1.807) is 13.0 Å². The molecule has 0 bridgehead atoms. The number of nitrogens with zero attached hydrogens (tertiary/aromatic N) is 1. The molecule has 0 amide bonds.